The molecule has 2 atom stereocenters. The van der Waals surface area contributed by atoms with Gasteiger partial charge < -0.3 is 0 Å². The van der Waals surface area contributed by atoms with E-state index in [1.54, 1.807) is 13.8 Å². The molecule has 4 nitrogen and oxygen atoms in total. The van der Waals surface area contributed by atoms with Crippen LogP contribution in [0, 0.1) is 0 Å². The molecule has 0 aromatic carbocycles. The number of hydrogen-bond donors (Lipinski definition) is 2. The van der Waals surface area contributed by atoms with Gasteiger partial charge in [0.1, 0.15) is 0 Å². The van der Waals surface area contributed by atoms with Crippen molar-refractivity contribution in [2.45, 2.75) is 25.9 Å². The van der Waals surface area contributed by atoms with E-state index >= 15 is 0 Å². The van der Waals surface area contributed by atoms with Crippen LogP contribution in [-0.4, -0.2) is 40.8 Å². The van der Waals surface area contributed by atoms with Crippen molar-refractivity contribution in [1.82, 2.24) is 0 Å². The Balaban J connectivity index is 3.86. The summed E-state index contributed by atoms with van der Waals surface area (Å²) in [5, 5.41) is 0. The fourth-order valence-corrected chi connectivity index (χ4v) is 2.34. The minimum atomic E-state index is -1.64. The van der Waals surface area contributed by atoms with Crippen molar-refractivity contribution in [3.05, 3.63) is 0 Å². The molecule has 0 aromatic rings. The molecule has 2 radical (unpaired) electrons. The van der Waals surface area contributed by atoms with E-state index < -0.39 is 33.2 Å². The average molecular weight is 179 g/mol. The second-order valence-corrected chi connectivity index (χ2v) is 5.96. The van der Waals surface area contributed by atoms with Gasteiger partial charge in [0, 0.05) is 0 Å². The SMILES string of the molecule is CC(N)[C](=O)[35Sn][C](=O)C(C)N. The summed E-state index contributed by atoms with van der Waals surface area (Å²) >= 11 is -1.64. The summed E-state index contributed by atoms with van der Waals surface area (Å²) in [5.74, 6) is 0. The summed E-state index contributed by atoms with van der Waals surface area (Å²) in [7, 11) is 0. The zero-order valence-electron chi connectivity index (χ0n) is 6.63. The third-order valence-corrected chi connectivity index (χ3v) is 5.08. The molecular formula is C6H12N2O2Sn. The van der Waals surface area contributed by atoms with Crippen LogP contribution >= 0.6 is 0 Å². The van der Waals surface area contributed by atoms with E-state index in [0.717, 1.165) is 0 Å². The van der Waals surface area contributed by atoms with Crippen molar-refractivity contribution in [3.8, 4) is 0 Å². The average Bonchev–Trinajstić information content (AvgIpc) is 1.87. The summed E-state index contributed by atoms with van der Waals surface area (Å²) in [5.41, 5.74) is 10.6. The second kappa shape index (κ2) is 4.84. The molecule has 0 saturated heterocycles. The molecule has 0 spiro atoms. The van der Waals surface area contributed by atoms with Crippen LogP contribution < -0.4 is 11.5 Å². The van der Waals surface area contributed by atoms with Gasteiger partial charge in [-0.25, -0.2) is 0 Å². The molecule has 0 aromatic heterocycles. The number of carbonyl (C=O) groups is 2. The molecule has 0 aliphatic carbocycles. The third-order valence-electron chi connectivity index (χ3n) is 1.07. The topological polar surface area (TPSA) is 86.2 Å². The zero-order valence-corrected chi connectivity index (χ0v) is 9.48. The van der Waals surface area contributed by atoms with Crippen molar-refractivity contribution >= 4 is 28.7 Å². The van der Waals surface area contributed by atoms with Crippen LogP contribution in [-0.2, 0) is 9.59 Å². The molecule has 0 rings (SSSR count). The van der Waals surface area contributed by atoms with Gasteiger partial charge in [-0.1, -0.05) is 0 Å². The molecule has 4 N–H and O–H groups in total. The maximum absolute atomic E-state index is 10.9. The van der Waals surface area contributed by atoms with Gasteiger partial charge in [-0.3, -0.25) is 0 Å². The first-order valence-corrected chi connectivity index (χ1v) is 6.16. The van der Waals surface area contributed by atoms with Gasteiger partial charge in [0.05, 0.1) is 0 Å². The molecule has 0 bridgehead atoms. The molecule has 0 heterocycles. The van der Waals surface area contributed by atoms with Crippen molar-refractivity contribution < 1.29 is 9.59 Å². The van der Waals surface area contributed by atoms with Gasteiger partial charge in [-0.2, -0.15) is 0 Å². The number of hydrogen-bond acceptors (Lipinski definition) is 4. The molecule has 0 fully saturated rings. The first kappa shape index (κ1) is 11.1. The Hall–Kier alpha value is 0.0587. The van der Waals surface area contributed by atoms with E-state index in [-0.39, 0.29) is 7.60 Å². The molecule has 0 aliphatic heterocycles. The summed E-state index contributed by atoms with van der Waals surface area (Å²) in [6.45, 7) is 3.19. The van der Waals surface area contributed by atoms with E-state index in [0.29, 0.717) is 0 Å². The summed E-state index contributed by atoms with van der Waals surface area (Å²) in [6, 6.07) is -0.992. The monoisotopic (exact) mass is 179 g/mol. The van der Waals surface area contributed by atoms with E-state index in [2.05, 4.69) is 0 Å². The summed E-state index contributed by atoms with van der Waals surface area (Å²) < 4.78 is -0.174. The van der Waals surface area contributed by atoms with Crippen LogP contribution in [0.1, 0.15) is 13.8 Å². The predicted octanol–water partition coefficient (Wildman–Crippen LogP) is -1.56. The quantitative estimate of drug-likeness (QED) is 0.511. The number of rotatable bonds is 4. The van der Waals surface area contributed by atoms with Gasteiger partial charge in [0.25, 0.3) is 0 Å². The van der Waals surface area contributed by atoms with Crippen molar-refractivity contribution in [1.29, 1.82) is 0 Å². The Morgan fingerprint density at radius 2 is 1.36 bits per heavy atom. The van der Waals surface area contributed by atoms with Crippen molar-refractivity contribution in [2.24, 2.45) is 11.5 Å². The molecule has 5 heteroatoms. The van der Waals surface area contributed by atoms with E-state index in [1.807, 2.05) is 0 Å². The van der Waals surface area contributed by atoms with Gasteiger partial charge >= 0.3 is 75.7 Å². The Labute approximate surface area is 75.9 Å². The molecule has 62 valence electrons. The Kier molecular flexibility index (Phi) is 4.87. The van der Waals surface area contributed by atoms with E-state index in [1.165, 1.54) is 0 Å². The van der Waals surface area contributed by atoms with Gasteiger partial charge in [-0.05, 0) is 0 Å². The number of nitrogens with two attached hydrogens (primary N) is 2. The van der Waals surface area contributed by atoms with Crippen LogP contribution in [0.25, 0.3) is 0 Å². The predicted molar refractivity (Wildman–Crippen MR) is 43.1 cm³/mol. The van der Waals surface area contributed by atoms with Crippen LogP contribution in [0.2, 0.25) is 0 Å². The van der Waals surface area contributed by atoms with Crippen LogP contribution in [0.3, 0.4) is 0 Å². The normalized spacial score (nSPS) is 15.6. The molecular weight excluding hydrogens is 167 g/mol. The zero-order chi connectivity index (χ0) is 9.02. The maximum atomic E-state index is 10.9. The summed E-state index contributed by atoms with van der Waals surface area (Å²) in [4.78, 5) is 21.9. The first-order valence-electron chi connectivity index (χ1n) is 3.31. The fourth-order valence-electron chi connectivity index (χ4n) is 0.349. The molecule has 0 aliphatic rings. The van der Waals surface area contributed by atoms with Crippen molar-refractivity contribution in [3.63, 3.8) is 0 Å². The van der Waals surface area contributed by atoms with E-state index in [4.69, 9.17) is 11.5 Å². The second-order valence-electron chi connectivity index (χ2n) is 2.43. The van der Waals surface area contributed by atoms with Gasteiger partial charge in [-0.15, -0.1) is 0 Å². The number of carbonyl (C=O) groups excluding carboxylic acids is 2. The standard InChI is InChI=1S/2C3H6NO.Sn/c2*1-3(4)2-5;/h2*3H,4H2,1H3;/i;;1-84. The van der Waals surface area contributed by atoms with Crippen molar-refractivity contribution in [2.75, 3.05) is 0 Å². The molecule has 2 unspecified atom stereocenters. The molecule has 0 saturated carbocycles. The minimum absolute atomic E-state index is 0.0871. The van der Waals surface area contributed by atoms with Gasteiger partial charge in [0.2, 0.25) is 0 Å². The Morgan fingerprint density at radius 1 is 1.09 bits per heavy atom. The van der Waals surface area contributed by atoms with Crippen LogP contribution in [0.5, 0.6) is 0 Å². The fraction of sp³-hybridized carbons (Fsp3) is 0.667. The Morgan fingerprint density at radius 3 is 1.55 bits per heavy atom. The summed E-state index contributed by atoms with van der Waals surface area (Å²) in [6.07, 6.45) is 0. The van der Waals surface area contributed by atoms with Gasteiger partial charge in [0.15, 0.2) is 0 Å². The van der Waals surface area contributed by atoms with Crippen LogP contribution in [0.15, 0.2) is 0 Å². The van der Waals surface area contributed by atoms with E-state index in [9.17, 15) is 9.59 Å². The first-order chi connectivity index (χ1) is 4.95. The third kappa shape index (κ3) is 4.49. The van der Waals surface area contributed by atoms with Crippen LogP contribution in [0.4, 0.5) is 0 Å². The molecule has 11 heavy (non-hydrogen) atoms. The Bertz CT molecular complexity index is 150. The molecule has 0 amide bonds.